The molecule has 0 aliphatic carbocycles. The predicted octanol–water partition coefficient (Wildman–Crippen LogP) is 0.870. The van der Waals surface area contributed by atoms with Gasteiger partial charge < -0.3 is 15.4 Å². The van der Waals surface area contributed by atoms with Crippen LogP contribution in [0.4, 0.5) is 5.69 Å². The van der Waals surface area contributed by atoms with Crippen LogP contribution in [0.1, 0.15) is 6.92 Å². The molecule has 4 heteroatoms. The van der Waals surface area contributed by atoms with Gasteiger partial charge in [0, 0.05) is 32.0 Å². The third-order valence-electron chi connectivity index (χ3n) is 2.42. The van der Waals surface area contributed by atoms with E-state index in [1.165, 1.54) is 0 Å². The van der Waals surface area contributed by atoms with Crippen LogP contribution in [0.3, 0.4) is 0 Å². The second-order valence-electron chi connectivity index (χ2n) is 3.85. The number of ether oxygens (including phenoxy) is 1. The first-order valence-corrected chi connectivity index (χ1v) is 5.34. The normalized spacial score (nSPS) is 26.2. The minimum atomic E-state index is 0.244. The summed E-state index contributed by atoms with van der Waals surface area (Å²) in [5.74, 6) is 0. The monoisotopic (exact) mass is 207 g/mol. The lowest BCUT2D eigenvalue weighted by Crippen LogP contribution is -2.46. The molecule has 15 heavy (non-hydrogen) atoms. The lowest BCUT2D eigenvalue weighted by atomic mass is 10.2. The van der Waals surface area contributed by atoms with Gasteiger partial charge in [-0.25, -0.2) is 0 Å². The summed E-state index contributed by atoms with van der Waals surface area (Å²) in [6, 6.07) is 3.93. The second-order valence-corrected chi connectivity index (χ2v) is 3.85. The molecule has 1 aliphatic heterocycles. The zero-order valence-electron chi connectivity index (χ0n) is 8.94. The predicted molar refractivity (Wildman–Crippen MR) is 59.9 cm³/mol. The number of pyridine rings is 1. The highest BCUT2D eigenvalue weighted by atomic mass is 16.5. The fraction of sp³-hybridized carbons (Fsp3) is 0.545. The molecule has 0 aromatic carbocycles. The van der Waals surface area contributed by atoms with Crippen molar-refractivity contribution in [3.63, 3.8) is 0 Å². The van der Waals surface area contributed by atoms with Crippen molar-refractivity contribution in [1.29, 1.82) is 0 Å². The molecule has 1 aliphatic rings. The van der Waals surface area contributed by atoms with Gasteiger partial charge in [-0.05, 0) is 19.1 Å². The summed E-state index contributed by atoms with van der Waals surface area (Å²) in [6.45, 7) is 4.77. The van der Waals surface area contributed by atoms with Gasteiger partial charge in [0.15, 0.2) is 0 Å². The van der Waals surface area contributed by atoms with Crippen LogP contribution in [-0.4, -0.2) is 36.8 Å². The van der Waals surface area contributed by atoms with E-state index < -0.39 is 0 Å². The third-order valence-corrected chi connectivity index (χ3v) is 2.42. The zero-order valence-corrected chi connectivity index (χ0v) is 8.94. The van der Waals surface area contributed by atoms with Crippen LogP contribution in [0.5, 0.6) is 0 Å². The largest absolute Gasteiger partial charge is 0.381 e. The first kappa shape index (κ1) is 10.4. The van der Waals surface area contributed by atoms with E-state index in [0.29, 0.717) is 6.10 Å². The number of aromatic nitrogens is 1. The molecule has 0 saturated carbocycles. The Bertz CT molecular complexity index is 291. The van der Waals surface area contributed by atoms with Gasteiger partial charge in [0.1, 0.15) is 0 Å². The fourth-order valence-corrected chi connectivity index (χ4v) is 1.69. The van der Waals surface area contributed by atoms with Crippen LogP contribution in [-0.2, 0) is 4.74 Å². The van der Waals surface area contributed by atoms with Crippen LogP contribution in [0.25, 0.3) is 0 Å². The molecule has 1 aromatic heterocycles. The Hall–Kier alpha value is -1.13. The van der Waals surface area contributed by atoms with Crippen molar-refractivity contribution in [2.45, 2.75) is 19.1 Å². The minimum Gasteiger partial charge on any atom is -0.381 e. The Morgan fingerprint density at radius 2 is 2.53 bits per heavy atom. The van der Waals surface area contributed by atoms with Gasteiger partial charge >= 0.3 is 0 Å². The zero-order chi connectivity index (χ0) is 10.5. The van der Waals surface area contributed by atoms with Gasteiger partial charge in [0.25, 0.3) is 0 Å². The second kappa shape index (κ2) is 5.09. The van der Waals surface area contributed by atoms with Crippen molar-refractivity contribution >= 4 is 5.69 Å². The van der Waals surface area contributed by atoms with Crippen LogP contribution in [0, 0.1) is 0 Å². The first-order chi connectivity index (χ1) is 7.34. The highest BCUT2D eigenvalue weighted by molar-refractivity contribution is 5.39. The Kier molecular flexibility index (Phi) is 3.53. The van der Waals surface area contributed by atoms with Crippen LogP contribution in [0.2, 0.25) is 0 Å². The third kappa shape index (κ3) is 3.18. The maximum Gasteiger partial charge on any atom is 0.0875 e. The van der Waals surface area contributed by atoms with Crippen molar-refractivity contribution in [2.75, 3.05) is 25.0 Å². The number of hydrogen-bond acceptors (Lipinski definition) is 4. The number of rotatable bonds is 3. The molecule has 2 heterocycles. The van der Waals surface area contributed by atoms with E-state index >= 15 is 0 Å². The van der Waals surface area contributed by atoms with Gasteiger partial charge in [0.05, 0.1) is 17.9 Å². The van der Waals surface area contributed by atoms with Gasteiger partial charge in [-0.1, -0.05) is 0 Å². The van der Waals surface area contributed by atoms with E-state index in [2.05, 4.69) is 22.5 Å². The molecule has 0 amide bonds. The Morgan fingerprint density at radius 1 is 1.60 bits per heavy atom. The Morgan fingerprint density at radius 3 is 3.27 bits per heavy atom. The van der Waals surface area contributed by atoms with Crippen molar-refractivity contribution in [2.24, 2.45) is 0 Å². The average molecular weight is 207 g/mol. The maximum absolute atomic E-state index is 5.76. The molecule has 2 rings (SSSR count). The van der Waals surface area contributed by atoms with Crippen molar-refractivity contribution in [3.05, 3.63) is 24.5 Å². The number of morpholine rings is 1. The Balaban J connectivity index is 1.78. The number of nitrogens with zero attached hydrogens (tertiary/aromatic N) is 1. The van der Waals surface area contributed by atoms with Crippen LogP contribution < -0.4 is 10.6 Å². The number of hydrogen-bond donors (Lipinski definition) is 2. The summed E-state index contributed by atoms with van der Waals surface area (Å²) in [5, 5.41) is 6.65. The summed E-state index contributed by atoms with van der Waals surface area (Å²) in [6.07, 6.45) is 4.14. The molecule has 1 fully saturated rings. The van der Waals surface area contributed by atoms with Gasteiger partial charge in [0.2, 0.25) is 0 Å². The lowest BCUT2D eigenvalue weighted by Gasteiger charge is -2.29. The molecule has 2 atom stereocenters. The lowest BCUT2D eigenvalue weighted by molar-refractivity contribution is -0.0196. The molecule has 1 saturated heterocycles. The quantitative estimate of drug-likeness (QED) is 0.772. The molecule has 2 N–H and O–H groups in total. The van der Waals surface area contributed by atoms with Crippen molar-refractivity contribution in [3.8, 4) is 0 Å². The smallest absolute Gasteiger partial charge is 0.0875 e. The summed E-state index contributed by atoms with van der Waals surface area (Å²) in [4.78, 5) is 4.04. The van der Waals surface area contributed by atoms with E-state index in [1.807, 2.05) is 18.3 Å². The number of nitrogens with one attached hydrogen (secondary N) is 2. The van der Waals surface area contributed by atoms with E-state index in [1.54, 1.807) is 6.20 Å². The molecular weight excluding hydrogens is 190 g/mol. The highest BCUT2D eigenvalue weighted by Gasteiger charge is 2.17. The summed E-state index contributed by atoms with van der Waals surface area (Å²) in [5.41, 5.74) is 1.04. The van der Waals surface area contributed by atoms with Crippen LogP contribution >= 0.6 is 0 Å². The molecule has 0 unspecified atom stereocenters. The molecule has 1 aromatic rings. The molecule has 0 bridgehead atoms. The fourth-order valence-electron chi connectivity index (χ4n) is 1.69. The average Bonchev–Trinajstić information content (AvgIpc) is 2.28. The van der Waals surface area contributed by atoms with Crippen molar-refractivity contribution in [1.82, 2.24) is 10.3 Å². The molecule has 82 valence electrons. The van der Waals surface area contributed by atoms with Crippen LogP contribution in [0.15, 0.2) is 24.5 Å². The summed E-state index contributed by atoms with van der Waals surface area (Å²) < 4.78 is 5.76. The van der Waals surface area contributed by atoms with E-state index in [-0.39, 0.29) is 6.10 Å². The topological polar surface area (TPSA) is 46.2 Å². The van der Waals surface area contributed by atoms with Gasteiger partial charge in [-0.3, -0.25) is 4.98 Å². The summed E-state index contributed by atoms with van der Waals surface area (Å²) in [7, 11) is 0. The van der Waals surface area contributed by atoms with Gasteiger partial charge in [-0.2, -0.15) is 0 Å². The highest BCUT2D eigenvalue weighted by Crippen LogP contribution is 2.06. The SMILES string of the molecule is C[C@@H]1CNC[C@@H](CNc2cccnc2)O1. The maximum atomic E-state index is 5.76. The minimum absolute atomic E-state index is 0.244. The first-order valence-electron chi connectivity index (χ1n) is 5.34. The van der Waals surface area contributed by atoms with E-state index in [4.69, 9.17) is 4.74 Å². The standard InChI is InChI=1S/C11H17N3O/c1-9-5-13-7-11(15-9)8-14-10-3-2-4-12-6-10/h2-4,6,9,11,13-14H,5,7-8H2,1H3/t9-,11+/m1/s1. The van der Waals surface area contributed by atoms with Gasteiger partial charge in [-0.15, -0.1) is 0 Å². The van der Waals surface area contributed by atoms with E-state index in [9.17, 15) is 0 Å². The molecular formula is C11H17N3O. The molecule has 4 nitrogen and oxygen atoms in total. The van der Waals surface area contributed by atoms with E-state index in [0.717, 1.165) is 25.3 Å². The molecule has 0 radical (unpaired) electrons. The summed E-state index contributed by atoms with van der Waals surface area (Å²) >= 11 is 0. The number of anilines is 1. The Labute approximate surface area is 90.0 Å². The van der Waals surface area contributed by atoms with Crippen molar-refractivity contribution < 1.29 is 4.74 Å². The molecule has 0 spiro atoms.